The van der Waals surface area contributed by atoms with Crippen LogP contribution in [0.1, 0.15) is 48.3 Å². The number of carbonyl (C=O) groups is 1. The van der Waals surface area contributed by atoms with Gasteiger partial charge in [-0.25, -0.2) is 4.79 Å². The second-order valence-corrected chi connectivity index (χ2v) is 6.52. The third kappa shape index (κ3) is 3.06. The van der Waals surface area contributed by atoms with E-state index in [1.165, 1.54) is 0 Å². The zero-order valence-electron chi connectivity index (χ0n) is 14.6. The summed E-state index contributed by atoms with van der Waals surface area (Å²) in [5.41, 5.74) is -0.0426. The van der Waals surface area contributed by atoms with Crippen molar-refractivity contribution in [2.45, 2.75) is 45.0 Å². The van der Waals surface area contributed by atoms with Gasteiger partial charge < -0.3 is 5.32 Å². The maximum atomic E-state index is 12.8. The number of nitrogens with zero attached hydrogens (tertiary/aromatic N) is 1. The van der Waals surface area contributed by atoms with Gasteiger partial charge in [-0.3, -0.25) is 19.1 Å². The topological polar surface area (TPSA) is 84.0 Å². The summed E-state index contributed by atoms with van der Waals surface area (Å²) in [5, 5.41) is 3.14. The Morgan fingerprint density at radius 1 is 1.16 bits per heavy atom. The average Bonchev–Trinajstić information content (AvgIpc) is 2.60. The molecular weight excluding hydrogens is 317 g/mol. The molecule has 7 heteroatoms. The van der Waals surface area contributed by atoms with Gasteiger partial charge in [0, 0.05) is 12.5 Å². The van der Waals surface area contributed by atoms with E-state index in [9.17, 15) is 14.4 Å². The molecule has 3 rings (SSSR count). The molecule has 0 bridgehead atoms. The maximum absolute atomic E-state index is 12.8. The van der Waals surface area contributed by atoms with E-state index < -0.39 is 11.2 Å². The number of ketones is 1. The lowest BCUT2D eigenvalue weighted by Crippen LogP contribution is -2.44. The molecule has 6 nitrogen and oxygen atoms in total. The highest BCUT2D eigenvalue weighted by Crippen LogP contribution is 2.29. The summed E-state index contributed by atoms with van der Waals surface area (Å²) < 4.78 is 1.14. The normalized spacial score (nSPS) is 18.8. The van der Waals surface area contributed by atoms with E-state index in [-0.39, 0.29) is 41.5 Å². The van der Waals surface area contributed by atoms with Crippen LogP contribution < -0.4 is 16.6 Å². The molecule has 0 aliphatic carbocycles. The van der Waals surface area contributed by atoms with Crippen molar-refractivity contribution in [3.8, 4) is 0 Å². The van der Waals surface area contributed by atoms with Crippen LogP contribution in [0.5, 0.6) is 0 Å². The largest absolute Gasteiger partial charge is 0.363 e. The van der Waals surface area contributed by atoms with Crippen LogP contribution in [0.3, 0.4) is 0 Å². The van der Waals surface area contributed by atoms with Gasteiger partial charge in [0.2, 0.25) is 0 Å². The number of benzene rings is 1. The quantitative estimate of drug-likeness (QED) is 0.839. The number of carbonyl (C=O) groups excluding carboxylic acids is 1. The molecule has 1 aliphatic heterocycles. The van der Waals surface area contributed by atoms with Gasteiger partial charge in [-0.1, -0.05) is 49.9 Å². The van der Waals surface area contributed by atoms with E-state index >= 15 is 0 Å². The molecule has 0 saturated heterocycles. The van der Waals surface area contributed by atoms with Gasteiger partial charge in [0.1, 0.15) is 18.7 Å². The Kier molecular flexibility index (Phi) is 4.66. The Labute approximate surface area is 146 Å². The van der Waals surface area contributed by atoms with Gasteiger partial charge in [0.15, 0.2) is 5.78 Å². The fourth-order valence-corrected chi connectivity index (χ4v) is 3.20. The van der Waals surface area contributed by atoms with Crippen molar-refractivity contribution in [2.75, 3.05) is 5.32 Å². The van der Waals surface area contributed by atoms with Crippen LogP contribution in [-0.2, 0) is 0 Å². The van der Waals surface area contributed by atoms with E-state index in [1.807, 2.05) is 51.4 Å². The summed E-state index contributed by atoms with van der Waals surface area (Å²) in [6, 6.07) is 8.92. The fraction of sp³-hybridized carbons (Fsp3) is 0.389. The van der Waals surface area contributed by atoms with Crippen LogP contribution in [0.4, 0.5) is 5.82 Å². The van der Waals surface area contributed by atoms with Crippen molar-refractivity contribution in [2.24, 2.45) is 0 Å². The van der Waals surface area contributed by atoms with Gasteiger partial charge in [-0.2, -0.15) is 0 Å². The smallest absolute Gasteiger partial charge is 0.330 e. The molecule has 1 aliphatic rings. The summed E-state index contributed by atoms with van der Waals surface area (Å²) >= 11 is 0. The van der Waals surface area contributed by atoms with Gasteiger partial charge in [0.05, 0.1) is 6.04 Å². The predicted molar refractivity (Wildman–Crippen MR) is 98.8 cm³/mol. The molecule has 0 fully saturated rings. The molecule has 2 aromatic rings. The zero-order chi connectivity index (χ0) is 18.1. The van der Waals surface area contributed by atoms with Gasteiger partial charge in [-0.05, 0) is 12.5 Å². The number of rotatable bonds is 4. The zero-order valence-corrected chi connectivity index (χ0v) is 14.6. The highest BCUT2D eigenvalue weighted by atomic mass is 16.2. The molecule has 0 spiro atoms. The van der Waals surface area contributed by atoms with Crippen LogP contribution in [-0.4, -0.2) is 22.6 Å². The molecule has 0 saturated carbocycles. The number of hydrogen-bond acceptors (Lipinski definition) is 4. The second kappa shape index (κ2) is 6.74. The molecule has 3 atom stereocenters. The second-order valence-electron chi connectivity index (χ2n) is 6.52. The van der Waals surface area contributed by atoms with Gasteiger partial charge in [-0.15, -0.1) is 0 Å². The van der Waals surface area contributed by atoms with Gasteiger partial charge >= 0.3 is 5.69 Å². The van der Waals surface area contributed by atoms with Crippen LogP contribution in [0.2, 0.25) is 12.6 Å². The SMILES string of the molecule is C[B]C(C)C(C)n1c(=O)[nH]c2c(c1=O)C(=O)C[C@H](c1ccccc1)N2. The highest BCUT2D eigenvalue weighted by molar-refractivity contribution is 6.35. The van der Waals surface area contributed by atoms with E-state index in [0.717, 1.165) is 10.1 Å². The van der Waals surface area contributed by atoms with Crippen molar-refractivity contribution in [3.05, 3.63) is 62.3 Å². The van der Waals surface area contributed by atoms with E-state index in [0.29, 0.717) is 0 Å². The molecule has 2 unspecified atom stereocenters. The molecule has 1 aromatic heterocycles. The Morgan fingerprint density at radius 3 is 2.48 bits per heavy atom. The minimum absolute atomic E-state index is 0.0283. The molecule has 129 valence electrons. The monoisotopic (exact) mass is 338 g/mol. The molecule has 2 N–H and O–H groups in total. The number of Topliss-reactive ketones (excluding diaryl/α,β-unsaturated/α-hetero) is 1. The fourth-order valence-electron chi connectivity index (χ4n) is 3.20. The van der Waals surface area contributed by atoms with E-state index in [4.69, 9.17) is 0 Å². The maximum Gasteiger partial charge on any atom is 0.330 e. The Bertz CT molecular complexity index is 904. The summed E-state index contributed by atoms with van der Waals surface area (Å²) in [6.07, 6.45) is 0.183. The molecule has 1 radical (unpaired) electrons. The standard InChI is InChI=1S/C18H21BN3O3/c1-10(19-3)11(2)22-17(24)15-14(23)9-13(12-7-5-4-6-8-12)20-16(15)21-18(22)25/h4-8,10-11,13,20H,9H2,1-3H3,(H,21,25)/t10?,11?,13-/m1/s1. The number of aromatic nitrogens is 2. The number of fused-ring (bicyclic) bond motifs is 1. The number of anilines is 1. The number of aromatic amines is 1. The van der Waals surface area contributed by atoms with Crippen LogP contribution >= 0.6 is 0 Å². The van der Waals surface area contributed by atoms with E-state index in [2.05, 4.69) is 10.3 Å². The first kappa shape index (κ1) is 17.3. The van der Waals surface area contributed by atoms with Crippen LogP contribution in [0.15, 0.2) is 39.9 Å². The molecule has 25 heavy (non-hydrogen) atoms. The molecule has 0 amide bonds. The van der Waals surface area contributed by atoms with Crippen molar-refractivity contribution in [1.82, 2.24) is 9.55 Å². The molecular formula is C18H21BN3O3. The highest BCUT2D eigenvalue weighted by Gasteiger charge is 2.31. The van der Waals surface area contributed by atoms with Crippen molar-refractivity contribution < 1.29 is 4.79 Å². The van der Waals surface area contributed by atoms with Crippen LogP contribution in [0, 0.1) is 0 Å². The number of hydrogen-bond donors (Lipinski definition) is 2. The molecule has 1 aromatic carbocycles. The van der Waals surface area contributed by atoms with Crippen molar-refractivity contribution in [1.29, 1.82) is 0 Å². The summed E-state index contributed by atoms with van der Waals surface area (Å²) in [7, 11) is 1.93. The third-order valence-corrected chi connectivity index (χ3v) is 5.02. The average molecular weight is 338 g/mol. The van der Waals surface area contributed by atoms with Gasteiger partial charge in [0.25, 0.3) is 5.56 Å². The van der Waals surface area contributed by atoms with E-state index in [1.54, 1.807) is 6.92 Å². The Hall–Kier alpha value is -2.57. The van der Waals surface area contributed by atoms with Crippen LogP contribution in [0.25, 0.3) is 0 Å². The lowest BCUT2D eigenvalue weighted by molar-refractivity contribution is 0.0969. The predicted octanol–water partition coefficient (Wildman–Crippen LogP) is 2.40. The number of H-pyrrole nitrogens is 1. The lowest BCUT2D eigenvalue weighted by Gasteiger charge is -2.27. The minimum atomic E-state index is -0.524. The Balaban J connectivity index is 2.06. The van der Waals surface area contributed by atoms with Crippen molar-refractivity contribution in [3.63, 3.8) is 0 Å². The first-order valence-electron chi connectivity index (χ1n) is 8.47. The van der Waals surface area contributed by atoms with Crippen molar-refractivity contribution >= 4 is 18.9 Å². The lowest BCUT2D eigenvalue weighted by atomic mass is 9.65. The summed E-state index contributed by atoms with van der Waals surface area (Å²) in [6.45, 7) is 5.62. The first-order valence-corrected chi connectivity index (χ1v) is 8.47. The summed E-state index contributed by atoms with van der Waals surface area (Å²) in [4.78, 5) is 40.6. The number of nitrogens with one attached hydrogen (secondary N) is 2. The minimum Gasteiger partial charge on any atom is -0.363 e. The Morgan fingerprint density at radius 2 is 1.84 bits per heavy atom. The summed E-state index contributed by atoms with van der Waals surface area (Å²) in [5.74, 6) is -0.00446. The third-order valence-electron chi connectivity index (χ3n) is 5.02. The first-order chi connectivity index (χ1) is 11.9. The molecule has 2 heterocycles.